The molecule has 23 heavy (non-hydrogen) atoms. The van der Waals surface area contributed by atoms with Crippen LogP contribution in [0.25, 0.3) is 0 Å². The molecule has 0 spiro atoms. The summed E-state index contributed by atoms with van der Waals surface area (Å²) < 4.78 is 3.16. The second kappa shape index (κ2) is 6.28. The van der Waals surface area contributed by atoms with Gasteiger partial charge in [-0.3, -0.25) is 4.79 Å². The number of aromatic nitrogens is 7. The van der Waals surface area contributed by atoms with E-state index in [1.165, 1.54) is 4.68 Å². The fourth-order valence-corrected chi connectivity index (χ4v) is 2.79. The van der Waals surface area contributed by atoms with Gasteiger partial charge in [-0.15, -0.1) is 10.2 Å². The molecule has 2 aromatic heterocycles. The van der Waals surface area contributed by atoms with Gasteiger partial charge in [0.2, 0.25) is 11.9 Å². The Morgan fingerprint density at radius 2 is 2.17 bits per heavy atom. The molecule has 1 aliphatic rings. The minimum Gasteiger partial charge on any atom is -0.388 e. The molecule has 0 aromatic carbocycles. The van der Waals surface area contributed by atoms with Gasteiger partial charge in [0.1, 0.15) is 19.0 Å². The topological polar surface area (TPSA) is 150 Å². The number of rotatable bonds is 6. The molecule has 124 valence electrons. The third-order valence-electron chi connectivity index (χ3n) is 4.03. The number of aliphatic hydroxyl groups is 1. The molecule has 0 saturated heterocycles. The van der Waals surface area contributed by atoms with Crippen molar-refractivity contribution in [2.75, 3.05) is 5.73 Å². The van der Waals surface area contributed by atoms with Crippen molar-refractivity contribution in [2.24, 2.45) is 0 Å². The minimum absolute atomic E-state index is 0.000195. The predicted octanol–water partition coefficient (Wildman–Crippen LogP) is -1.58. The Labute approximate surface area is 131 Å². The second-order valence-electron chi connectivity index (χ2n) is 5.50. The molecule has 0 atom stereocenters. The lowest BCUT2D eigenvalue weighted by atomic mass is 9.79. The minimum atomic E-state index is -0.180. The molecule has 0 unspecified atom stereocenters. The highest BCUT2D eigenvalue weighted by molar-refractivity contribution is 5.76. The van der Waals surface area contributed by atoms with E-state index in [9.17, 15) is 9.90 Å². The number of anilines is 1. The highest BCUT2D eigenvalue weighted by Crippen LogP contribution is 2.36. The first-order valence-corrected chi connectivity index (χ1v) is 7.46. The van der Waals surface area contributed by atoms with Gasteiger partial charge < -0.3 is 20.7 Å². The van der Waals surface area contributed by atoms with Crippen LogP contribution in [-0.2, 0) is 24.5 Å². The van der Waals surface area contributed by atoms with Crippen molar-refractivity contribution in [1.29, 1.82) is 0 Å². The number of carbonyl (C=O) groups excluding carboxylic acids is 1. The molecule has 3 rings (SSSR count). The standard InChI is InChI=1S/C12H19N9O2/c1-2-20-9(6-22)15-16-11(20)7-3-8(4-7)14-10(23)5-21-12(13)17-18-19-21/h7-8,22H,2-6H2,1H3,(H,14,23)(H2,13,17,19). The smallest absolute Gasteiger partial charge is 0.242 e. The number of nitrogens with zero attached hydrogens (tertiary/aromatic N) is 7. The van der Waals surface area contributed by atoms with E-state index >= 15 is 0 Å². The summed E-state index contributed by atoms with van der Waals surface area (Å²) in [6.45, 7) is 2.58. The largest absolute Gasteiger partial charge is 0.388 e. The molecule has 11 nitrogen and oxygen atoms in total. The third-order valence-corrected chi connectivity index (χ3v) is 4.03. The van der Waals surface area contributed by atoms with E-state index in [1.807, 2.05) is 11.5 Å². The lowest BCUT2D eigenvalue weighted by molar-refractivity contribution is -0.123. The summed E-state index contributed by atoms with van der Waals surface area (Å²) >= 11 is 0. The maximum absolute atomic E-state index is 11.9. The average Bonchev–Trinajstić information content (AvgIpc) is 3.08. The van der Waals surface area contributed by atoms with Gasteiger partial charge in [-0.1, -0.05) is 5.10 Å². The molecule has 1 aliphatic carbocycles. The number of hydrogen-bond acceptors (Lipinski definition) is 8. The predicted molar refractivity (Wildman–Crippen MR) is 77.8 cm³/mol. The monoisotopic (exact) mass is 321 g/mol. The summed E-state index contributed by atoms with van der Waals surface area (Å²) in [5, 5.41) is 30.9. The van der Waals surface area contributed by atoms with Crippen molar-refractivity contribution in [3.05, 3.63) is 11.6 Å². The van der Waals surface area contributed by atoms with E-state index in [-0.39, 0.29) is 37.0 Å². The number of nitrogens with one attached hydrogen (secondary N) is 1. The van der Waals surface area contributed by atoms with E-state index in [2.05, 4.69) is 31.0 Å². The Hall–Kier alpha value is -2.56. The summed E-state index contributed by atoms with van der Waals surface area (Å²) in [6.07, 6.45) is 1.58. The number of nitrogens with two attached hydrogens (primary N) is 1. The van der Waals surface area contributed by atoms with Crippen molar-refractivity contribution < 1.29 is 9.90 Å². The second-order valence-corrected chi connectivity index (χ2v) is 5.50. The zero-order valence-corrected chi connectivity index (χ0v) is 12.8. The Kier molecular flexibility index (Phi) is 4.19. The molecule has 1 amide bonds. The van der Waals surface area contributed by atoms with Crippen LogP contribution < -0.4 is 11.1 Å². The Morgan fingerprint density at radius 1 is 1.39 bits per heavy atom. The highest BCUT2D eigenvalue weighted by Gasteiger charge is 2.35. The molecule has 2 heterocycles. The quantitative estimate of drug-likeness (QED) is 0.577. The Morgan fingerprint density at radius 3 is 2.78 bits per heavy atom. The molecule has 4 N–H and O–H groups in total. The van der Waals surface area contributed by atoms with E-state index in [1.54, 1.807) is 0 Å². The van der Waals surface area contributed by atoms with E-state index in [4.69, 9.17) is 5.73 Å². The number of tetrazole rings is 1. The lowest BCUT2D eigenvalue weighted by Crippen LogP contribution is -2.45. The fourth-order valence-electron chi connectivity index (χ4n) is 2.79. The Balaban J connectivity index is 1.52. The summed E-state index contributed by atoms with van der Waals surface area (Å²) in [5.74, 6) is 1.61. The summed E-state index contributed by atoms with van der Waals surface area (Å²) in [7, 11) is 0. The number of hydrogen-bond donors (Lipinski definition) is 3. The lowest BCUT2D eigenvalue weighted by Gasteiger charge is -2.35. The zero-order chi connectivity index (χ0) is 16.4. The molecule has 11 heteroatoms. The average molecular weight is 321 g/mol. The van der Waals surface area contributed by atoms with Gasteiger partial charge in [0, 0.05) is 18.5 Å². The number of amides is 1. The first-order valence-electron chi connectivity index (χ1n) is 7.46. The van der Waals surface area contributed by atoms with Gasteiger partial charge in [0.25, 0.3) is 0 Å². The van der Waals surface area contributed by atoms with E-state index < -0.39 is 0 Å². The van der Waals surface area contributed by atoms with Crippen molar-refractivity contribution in [1.82, 2.24) is 40.3 Å². The molecular formula is C12H19N9O2. The van der Waals surface area contributed by atoms with Gasteiger partial charge >= 0.3 is 0 Å². The normalized spacial score (nSPS) is 20.3. The Bertz CT molecular complexity index is 689. The highest BCUT2D eigenvalue weighted by atomic mass is 16.3. The van der Waals surface area contributed by atoms with Crippen LogP contribution >= 0.6 is 0 Å². The molecule has 0 aliphatic heterocycles. The van der Waals surface area contributed by atoms with Crippen molar-refractivity contribution >= 4 is 11.9 Å². The van der Waals surface area contributed by atoms with Crippen LogP contribution in [0.3, 0.4) is 0 Å². The molecule has 1 fully saturated rings. The summed E-state index contributed by atoms with van der Waals surface area (Å²) in [5.41, 5.74) is 5.52. The van der Waals surface area contributed by atoms with Crippen LogP contribution in [0.2, 0.25) is 0 Å². The van der Waals surface area contributed by atoms with Crippen LogP contribution in [0.15, 0.2) is 0 Å². The van der Waals surface area contributed by atoms with Crippen LogP contribution in [0.4, 0.5) is 5.95 Å². The van der Waals surface area contributed by atoms with Crippen molar-refractivity contribution in [3.8, 4) is 0 Å². The SMILES string of the molecule is CCn1c(CO)nnc1C1CC(NC(=O)Cn2nnnc2N)C1. The first-order chi connectivity index (χ1) is 11.1. The molecular weight excluding hydrogens is 302 g/mol. The van der Waals surface area contributed by atoms with Crippen LogP contribution in [-0.4, -0.2) is 52.0 Å². The van der Waals surface area contributed by atoms with Gasteiger partial charge in [-0.05, 0) is 30.2 Å². The summed E-state index contributed by atoms with van der Waals surface area (Å²) in [6, 6.07) is 0.0878. The van der Waals surface area contributed by atoms with Gasteiger partial charge in [-0.25, -0.2) is 4.68 Å². The van der Waals surface area contributed by atoms with Crippen molar-refractivity contribution in [2.45, 2.75) is 51.4 Å². The first kappa shape index (κ1) is 15.3. The molecule has 1 saturated carbocycles. The van der Waals surface area contributed by atoms with Gasteiger partial charge in [-0.2, -0.15) is 0 Å². The van der Waals surface area contributed by atoms with Crippen molar-refractivity contribution in [3.63, 3.8) is 0 Å². The number of nitrogen functional groups attached to an aromatic ring is 1. The molecule has 0 radical (unpaired) electrons. The van der Waals surface area contributed by atoms with Crippen LogP contribution in [0, 0.1) is 0 Å². The van der Waals surface area contributed by atoms with E-state index in [0.29, 0.717) is 12.4 Å². The van der Waals surface area contributed by atoms with Crippen LogP contribution in [0.5, 0.6) is 0 Å². The maximum atomic E-state index is 11.9. The number of aliphatic hydroxyl groups excluding tert-OH is 1. The molecule has 2 aromatic rings. The number of carbonyl (C=O) groups is 1. The van der Waals surface area contributed by atoms with Gasteiger partial charge in [0.15, 0.2) is 5.82 Å². The molecule has 0 bridgehead atoms. The zero-order valence-electron chi connectivity index (χ0n) is 12.8. The fraction of sp³-hybridized carbons (Fsp3) is 0.667. The van der Waals surface area contributed by atoms with Gasteiger partial charge in [0.05, 0.1) is 0 Å². The van der Waals surface area contributed by atoms with Crippen LogP contribution in [0.1, 0.15) is 37.3 Å². The van der Waals surface area contributed by atoms with E-state index in [0.717, 1.165) is 18.7 Å². The summed E-state index contributed by atoms with van der Waals surface area (Å²) in [4.78, 5) is 11.9. The maximum Gasteiger partial charge on any atom is 0.242 e. The third kappa shape index (κ3) is 2.99.